The number of unbranched alkanes of at least 4 members (excludes halogenated alkanes) is 4. The fourth-order valence-corrected chi connectivity index (χ4v) is 1.17. The SMILES string of the molecule is CCCCCCCC(=O)[O][Os]. The average molecular weight is 333 g/mol. The van der Waals surface area contributed by atoms with E-state index in [0.29, 0.717) is 6.42 Å². The minimum atomic E-state index is -0.0696. The summed E-state index contributed by atoms with van der Waals surface area (Å²) in [6.45, 7) is 2.18. The molecule has 11 heavy (non-hydrogen) atoms. The Hall–Kier alpha value is 0.106. The Morgan fingerprint density at radius 2 is 1.91 bits per heavy atom. The summed E-state index contributed by atoms with van der Waals surface area (Å²) in [5.41, 5.74) is 0. The van der Waals surface area contributed by atoms with Gasteiger partial charge in [0.1, 0.15) is 0 Å². The molecule has 0 rings (SSSR count). The summed E-state index contributed by atoms with van der Waals surface area (Å²) in [4.78, 5) is 10.6. The fraction of sp³-hybridized carbons (Fsp3) is 0.875. The monoisotopic (exact) mass is 335 g/mol. The molecule has 0 aromatic heterocycles. The molecule has 0 atom stereocenters. The zero-order chi connectivity index (χ0) is 8.53. The molecule has 0 spiro atoms. The average Bonchev–Trinajstić information content (AvgIpc) is 2.04. The van der Waals surface area contributed by atoms with Crippen molar-refractivity contribution in [2.45, 2.75) is 45.4 Å². The van der Waals surface area contributed by atoms with E-state index in [1.54, 1.807) is 0 Å². The number of carbonyl (C=O) groups excluding carboxylic acids is 1. The molecule has 0 radical (unpaired) electrons. The second-order valence-electron chi connectivity index (χ2n) is 2.61. The van der Waals surface area contributed by atoms with E-state index in [1.807, 2.05) is 0 Å². The first-order chi connectivity index (χ1) is 5.31. The van der Waals surface area contributed by atoms with Crippen LogP contribution in [0.1, 0.15) is 45.4 Å². The van der Waals surface area contributed by atoms with Crippen LogP contribution in [-0.4, -0.2) is 5.97 Å². The molecular weight excluding hydrogens is 318 g/mol. The molecular formula is C8H15O2Os. The van der Waals surface area contributed by atoms with Gasteiger partial charge in [-0.2, -0.15) is 0 Å². The molecule has 0 aliphatic rings. The van der Waals surface area contributed by atoms with Crippen LogP contribution in [-0.2, 0) is 27.3 Å². The Labute approximate surface area is 79.0 Å². The van der Waals surface area contributed by atoms with Gasteiger partial charge in [0.2, 0.25) is 0 Å². The van der Waals surface area contributed by atoms with E-state index in [0.717, 1.165) is 12.8 Å². The van der Waals surface area contributed by atoms with E-state index in [4.69, 9.17) is 0 Å². The van der Waals surface area contributed by atoms with Gasteiger partial charge in [-0.3, -0.25) is 0 Å². The molecule has 0 aliphatic carbocycles. The molecule has 0 N–H and O–H groups in total. The summed E-state index contributed by atoms with van der Waals surface area (Å²) >= 11 is 1.26. The fourth-order valence-electron chi connectivity index (χ4n) is 0.909. The van der Waals surface area contributed by atoms with Gasteiger partial charge in [0.15, 0.2) is 0 Å². The third-order valence-electron chi connectivity index (χ3n) is 1.56. The second-order valence-corrected chi connectivity index (χ2v) is 3.13. The van der Waals surface area contributed by atoms with Gasteiger partial charge in [0.05, 0.1) is 0 Å². The molecule has 0 aromatic carbocycles. The maximum absolute atomic E-state index is 10.6. The molecule has 0 amide bonds. The van der Waals surface area contributed by atoms with Crippen molar-refractivity contribution >= 4 is 5.97 Å². The molecule has 0 saturated carbocycles. The van der Waals surface area contributed by atoms with Crippen LogP contribution in [0.15, 0.2) is 0 Å². The predicted molar refractivity (Wildman–Crippen MR) is 39.5 cm³/mol. The van der Waals surface area contributed by atoms with E-state index in [9.17, 15) is 4.79 Å². The van der Waals surface area contributed by atoms with Crippen molar-refractivity contribution in [3.8, 4) is 0 Å². The first-order valence-electron chi connectivity index (χ1n) is 4.11. The van der Waals surface area contributed by atoms with Crippen molar-refractivity contribution < 1.29 is 27.3 Å². The van der Waals surface area contributed by atoms with Gasteiger partial charge in [-0.25, -0.2) is 0 Å². The van der Waals surface area contributed by atoms with Gasteiger partial charge in [-0.15, -0.1) is 0 Å². The van der Waals surface area contributed by atoms with Gasteiger partial charge in [-0.05, 0) is 0 Å². The molecule has 0 saturated heterocycles. The van der Waals surface area contributed by atoms with Crippen molar-refractivity contribution in [2.24, 2.45) is 0 Å². The van der Waals surface area contributed by atoms with Crippen LogP contribution in [0.2, 0.25) is 0 Å². The molecule has 0 heterocycles. The van der Waals surface area contributed by atoms with Gasteiger partial charge >= 0.3 is 78.7 Å². The number of hydrogen-bond donors (Lipinski definition) is 0. The van der Waals surface area contributed by atoms with Crippen LogP contribution in [0.5, 0.6) is 0 Å². The second kappa shape index (κ2) is 8.21. The molecule has 2 nitrogen and oxygen atoms in total. The van der Waals surface area contributed by atoms with E-state index >= 15 is 0 Å². The van der Waals surface area contributed by atoms with E-state index in [2.05, 4.69) is 10.5 Å². The van der Waals surface area contributed by atoms with Crippen LogP contribution >= 0.6 is 0 Å². The number of hydrogen-bond acceptors (Lipinski definition) is 2. The van der Waals surface area contributed by atoms with Crippen LogP contribution in [0.25, 0.3) is 0 Å². The summed E-state index contributed by atoms with van der Waals surface area (Å²) in [6, 6.07) is 0. The van der Waals surface area contributed by atoms with Gasteiger partial charge < -0.3 is 0 Å². The van der Waals surface area contributed by atoms with Gasteiger partial charge in [0.25, 0.3) is 0 Å². The standard InChI is InChI=1S/C8H16O2.Os/c1-2-3-4-5-6-7-8(9)10;/h2-7H2,1H3,(H,9,10);/q;+1/p-1. The Balaban J connectivity index is 2.95. The molecule has 67 valence electrons. The summed E-state index contributed by atoms with van der Waals surface area (Å²) < 4.78 is 4.55. The summed E-state index contributed by atoms with van der Waals surface area (Å²) in [7, 11) is 0. The Morgan fingerprint density at radius 3 is 2.45 bits per heavy atom. The molecule has 3 heteroatoms. The zero-order valence-electron chi connectivity index (χ0n) is 6.91. The maximum atomic E-state index is 10.6. The Bertz CT molecular complexity index is 104. The summed E-state index contributed by atoms with van der Waals surface area (Å²) in [5, 5.41) is 0. The Morgan fingerprint density at radius 1 is 1.27 bits per heavy atom. The molecule has 0 aliphatic heterocycles. The first-order valence-corrected chi connectivity index (χ1v) is 5.15. The van der Waals surface area contributed by atoms with Crippen molar-refractivity contribution in [2.75, 3.05) is 0 Å². The van der Waals surface area contributed by atoms with Crippen molar-refractivity contribution in [1.82, 2.24) is 0 Å². The quantitative estimate of drug-likeness (QED) is 0.698. The van der Waals surface area contributed by atoms with Crippen LogP contribution in [0.4, 0.5) is 0 Å². The van der Waals surface area contributed by atoms with Crippen molar-refractivity contribution in [3.63, 3.8) is 0 Å². The van der Waals surface area contributed by atoms with E-state index in [-0.39, 0.29) is 5.97 Å². The predicted octanol–water partition coefficient (Wildman–Crippen LogP) is 2.35. The van der Waals surface area contributed by atoms with Crippen LogP contribution in [0, 0.1) is 0 Å². The molecule has 0 aromatic rings. The van der Waals surface area contributed by atoms with Crippen molar-refractivity contribution in [3.05, 3.63) is 0 Å². The first kappa shape index (κ1) is 11.1. The number of carbonyl (C=O) groups is 1. The van der Waals surface area contributed by atoms with Gasteiger partial charge in [0, 0.05) is 0 Å². The van der Waals surface area contributed by atoms with Gasteiger partial charge in [-0.1, -0.05) is 0 Å². The summed E-state index contributed by atoms with van der Waals surface area (Å²) in [5.74, 6) is -0.0696. The Kier molecular flexibility index (Phi) is 8.28. The van der Waals surface area contributed by atoms with Crippen molar-refractivity contribution in [1.29, 1.82) is 0 Å². The normalized spacial score (nSPS) is 9.64. The third kappa shape index (κ3) is 8.01. The van der Waals surface area contributed by atoms with Crippen LogP contribution in [0.3, 0.4) is 0 Å². The minimum absolute atomic E-state index is 0.0696. The van der Waals surface area contributed by atoms with E-state index in [1.165, 1.54) is 38.2 Å². The van der Waals surface area contributed by atoms with E-state index < -0.39 is 0 Å². The topological polar surface area (TPSA) is 26.3 Å². The third-order valence-corrected chi connectivity index (χ3v) is 2.14. The summed E-state index contributed by atoms with van der Waals surface area (Å²) in [6.07, 6.45) is 6.51. The number of rotatable bonds is 6. The zero-order valence-corrected chi connectivity index (χ0v) is 9.45. The molecule has 0 unspecified atom stereocenters. The van der Waals surface area contributed by atoms with Crippen LogP contribution < -0.4 is 0 Å². The molecule has 0 bridgehead atoms. The molecule has 0 fully saturated rings.